The van der Waals surface area contributed by atoms with E-state index in [1.54, 1.807) is 18.4 Å². The Bertz CT molecular complexity index is 842. The third-order valence-electron chi connectivity index (χ3n) is 4.44. The molecule has 0 bridgehead atoms. The van der Waals surface area contributed by atoms with Gasteiger partial charge in [-0.15, -0.1) is 0 Å². The van der Waals surface area contributed by atoms with Crippen LogP contribution in [0.3, 0.4) is 0 Å². The molecule has 3 rings (SSSR count). The highest BCUT2D eigenvalue weighted by Gasteiger charge is 2.10. The van der Waals surface area contributed by atoms with Gasteiger partial charge in [-0.1, -0.05) is 36.4 Å². The van der Waals surface area contributed by atoms with Gasteiger partial charge >= 0.3 is 0 Å². The molecule has 0 aliphatic rings. The summed E-state index contributed by atoms with van der Waals surface area (Å²) in [7, 11) is 1.63. The molecule has 4 nitrogen and oxygen atoms in total. The average molecular weight is 381 g/mol. The van der Waals surface area contributed by atoms with Crippen LogP contribution in [-0.4, -0.2) is 24.7 Å². The molecular weight excluding hydrogens is 358 g/mol. The van der Waals surface area contributed by atoms with E-state index in [0.717, 1.165) is 22.4 Å². The Hall–Kier alpha value is -2.63. The lowest BCUT2D eigenvalue weighted by atomic mass is 10.0. The summed E-state index contributed by atoms with van der Waals surface area (Å²) in [5.41, 5.74) is 4.17. The van der Waals surface area contributed by atoms with Crippen molar-refractivity contribution in [2.45, 2.75) is 18.9 Å². The summed E-state index contributed by atoms with van der Waals surface area (Å²) in [4.78, 5) is 12.0. The van der Waals surface area contributed by atoms with E-state index >= 15 is 0 Å². The highest BCUT2D eigenvalue weighted by atomic mass is 32.1. The topological polar surface area (TPSA) is 58.6 Å². The van der Waals surface area contributed by atoms with E-state index in [1.807, 2.05) is 53.9 Å². The second-order valence-electron chi connectivity index (χ2n) is 6.30. The second-order valence-corrected chi connectivity index (χ2v) is 7.08. The number of aryl methyl sites for hydroxylation is 1. The molecular formula is C22H23NO3S. The van der Waals surface area contributed by atoms with E-state index in [1.165, 1.54) is 5.56 Å². The van der Waals surface area contributed by atoms with Gasteiger partial charge in [0.05, 0.1) is 13.2 Å². The summed E-state index contributed by atoms with van der Waals surface area (Å²) in [5.74, 6) is 0.733. The quantitative estimate of drug-likeness (QED) is 0.615. The molecule has 0 aliphatic carbocycles. The first kappa shape index (κ1) is 19.1. The average Bonchev–Trinajstić information content (AvgIpc) is 3.26. The zero-order valence-electron chi connectivity index (χ0n) is 15.2. The van der Waals surface area contributed by atoms with Crippen LogP contribution in [0, 0.1) is 0 Å². The molecule has 0 spiro atoms. The van der Waals surface area contributed by atoms with Crippen LogP contribution in [0.25, 0.3) is 11.1 Å². The van der Waals surface area contributed by atoms with Crippen molar-refractivity contribution in [2.24, 2.45) is 0 Å². The number of amides is 1. The molecule has 1 aromatic heterocycles. The van der Waals surface area contributed by atoms with Crippen LogP contribution in [0.15, 0.2) is 65.4 Å². The molecule has 2 aromatic carbocycles. The van der Waals surface area contributed by atoms with Crippen molar-refractivity contribution < 1.29 is 14.6 Å². The van der Waals surface area contributed by atoms with Crippen molar-refractivity contribution in [3.05, 3.63) is 76.5 Å². The largest absolute Gasteiger partial charge is 0.497 e. The smallest absolute Gasteiger partial charge is 0.220 e. The number of ether oxygens (including phenoxy) is 1. The van der Waals surface area contributed by atoms with Gasteiger partial charge in [0.2, 0.25) is 5.91 Å². The molecule has 0 fully saturated rings. The molecule has 2 N–H and O–H groups in total. The van der Waals surface area contributed by atoms with Crippen LogP contribution in [0.4, 0.5) is 0 Å². The first-order valence-corrected chi connectivity index (χ1v) is 9.80. The van der Waals surface area contributed by atoms with Gasteiger partial charge in [-0.25, -0.2) is 0 Å². The van der Waals surface area contributed by atoms with Crippen LogP contribution >= 0.6 is 11.3 Å². The highest BCUT2D eigenvalue weighted by molar-refractivity contribution is 7.08. The summed E-state index contributed by atoms with van der Waals surface area (Å²) >= 11 is 1.66. The number of nitrogens with one attached hydrogen (secondary N) is 1. The fraction of sp³-hybridized carbons (Fsp3) is 0.227. The number of benzene rings is 2. The molecule has 1 atom stereocenters. The van der Waals surface area contributed by atoms with E-state index < -0.39 is 6.10 Å². The standard InChI is InChI=1S/C22H23NO3S/c1-26-20-9-2-16(3-10-20)4-11-22(25)23-14-21(24)18-7-5-17(6-8-18)19-12-13-27-15-19/h2-3,5-10,12-13,15,21,24H,4,11,14H2,1H3,(H,23,25)/t21-/m1/s1. The summed E-state index contributed by atoms with van der Waals surface area (Å²) in [6.07, 6.45) is 0.323. The maximum Gasteiger partial charge on any atom is 0.220 e. The van der Waals surface area contributed by atoms with Gasteiger partial charge in [0.15, 0.2) is 0 Å². The number of rotatable bonds is 8. The summed E-state index contributed by atoms with van der Waals surface area (Å²) < 4.78 is 5.12. The Labute approximate surface area is 163 Å². The molecule has 3 aromatic rings. The molecule has 0 unspecified atom stereocenters. The maximum atomic E-state index is 12.0. The summed E-state index contributed by atoms with van der Waals surface area (Å²) in [6, 6.07) is 17.5. The Kier molecular flexibility index (Phi) is 6.63. The lowest BCUT2D eigenvalue weighted by Gasteiger charge is -2.13. The van der Waals surface area contributed by atoms with Gasteiger partial charge < -0.3 is 15.2 Å². The van der Waals surface area contributed by atoms with Crippen LogP contribution in [0.1, 0.15) is 23.7 Å². The fourth-order valence-corrected chi connectivity index (χ4v) is 3.46. The third kappa shape index (κ3) is 5.42. The Balaban J connectivity index is 1.45. The number of aliphatic hydroxyl groups excluding tert-OH is 1. The van der Waals surface area contributed by atoms with Crippen LogP contribution in [-0.2, 0) is 11.2 Å². The predicted octanol–water partition coefficient (Wildman–Crippen LogP) is 4.21. The number of methoxy groups -OCH3 is 1. The number of carbonyl (C=O) groups is 1. The summed E-state index contributed by atoms with van der Waals surface area (Å²) in [6.45, 7) is 0.208. The Morgan fingerprint density at radius 2 is 1.81 bits per heavy atom. The number of hydrogen-bond donors (Lipinski definition) is 2. The molecule has 0 aliphatic heterocycles. The number of aliphatic hydroxyl groups is 1. The van der Waals surface area contributed by atoms with Gasteiger partial charge in [0.1, 0.15) is 5.75 Å². The predicted molar refractivity (Wildman–Crippen MR) is 109 cm³/mol. The van der Waals surface area contributed by atoms with Crippen molar-refractivity contribution in [3.8, 4) is 16.9 Å². The lowest BCUT2D eigenvalue weighted by Crippen LogP contribution is -2.28. The van der Waals surface area contributed by atoms with E-state index in [0.29, 0.717) is 12.8 Å². The zero-order valence-corrected chi connectivity index (χ0v) is 16.0. The number of thiophene rings is 1. The monoisotopic (exact) mass is 381 g/mol. The second kappa shape index (κ2) is 9.35. The van der Waals surface area contributed by atoms with Crippen molar-refractivity contribution in [1.82, 2.24) is 5.32 Å². The lowest BCUT2D eigenvalue weighted by molar-refractivity contribution is -0.121. The SMILES string of the molecule is COc1ccc(CCC(=O)NC[C@@H](O)c2ccc(-c3ccsc3)cc2)cc1. The number of hydrogen-bond acceptors (Lipinski definition) is 4. The molecule has 1 heterocycles. The maximum absolute atomic E-state index is 12.0. The van der Waals surface area contributed by atoms with Gasteiger partial charge in [-0.3, -0.25) is 4.79 Å². The van der Waals surface area contributed by atoms with Crippen LogP contribution < -0.4 is 10.1 Å². The van der Waals surface area contributed by atoms with Crippen molar-refractivity contribution in [2.75, 3.05) is 13.7 Å². The van der Waals surface area contributed by atoms with Crippen molar-refractivity contribution >= 4 is 17.2 Å². The molecule has 140 valence electrons. The normalized spacial score (nSPS) is 11.8. The molecule has 0 saturated carbocycles. The molecule has 5 heteroatoms. The minimum Gasteiger partial charge on any atom is -0.497 e. The van der Waals surface area contributed by atoms with E-state index in [9.17, 15) is 9.90 Å². The Morgan fingerprint density at radius 3 is 2.44 bits per heavy atom. The molecule has 1 amide bonds. The Morgan fingerprint density at radius 1 is 1.07 bits per heavy atom. The van der Waals surface area contributed by atoms with Gasteiger partial charge in [-0.2, -0.15) is 11.3 Å². The third-order valence-corrected chi connectivity index (χ3v) is 5.13. The first-order chi connectivity index (χ1) is 13.2. The molecule has 27 heavy (non-hydrogen) atoms. The number of carbonyl (C=O) groups excluding carboxylic acids is 1. The van der Waals surface area contributed by atoms with E-state index in [2.05, 4.69) is 16.8 Å². The van der Waals surface area contributed by atoms with Crippen LogP contribution in [0.5, 0.6) is 5.75 Å². The summed E-state index contributed by atoms with van der Waals surface area (Å²) in [5, 5.41) is 17.2. The fourth-order valence-electron chi connectivity index (χ4n) is 2.79. The highest BCUT2D eigenvalue weighted by Crippen LogP contribution is 2.24. The van der Waals surface area contributed by atoms with Crippen LogP contribution in [0.2, 0.25) is 0 Å². The van der Waals surface area contributed by atoms with Crippen molar-refractivity contribution in [1.29, 1.82) is 0 Å². The van der Waals surface area contributed by atoms with Gasteiger partial charge in [0.25, 0.3) is 0 Å². The minimum absolute atomic E-state index is 0.0697. The molecule has 0 radical (unpaired) electrons. The van der Waals surface area contributed by atoms with E-state index in [4.69, 9.17) is 4.74 Å². The molecule has 0 saturated heterocycles. The van der Waals surface area contributed by atoms with Gasteiger partial charge in [0, 0.05) is 13.0 Å². The van der Waals surface area contributed by atoms with Gasteiger partial charge in [-0.05, 0) is 57.6 Å². The van der Waals surface area contributed by atoms with E-state index in [-0.39, 0.29) is 12.5 Å². The minimum atomic E-state index is -0.716. The van der Waals surface area contributed by atoms with Crippen molar-refractivity contribution in [3.63, 3.8) is 0 Å². The first-order valence-electron chi connectivity index (χ1n) is 8.86. The zero-order chi connectivity index (χ0) is 19.1.